The van der Waals surface area contributed by atoms with Crippen molar-refractivity contribution >= 4 is 5.91 Å². The predicted octanol–water partition coefficient (Wildman–Crippen LogP) is 3.19. The SMILES string of the molecule is O=C(C(c1ccccc1)C1CC1)N1CCCCC1. The second kappa shape index (κ2) is 5.13. The van der Waals surface area contributed by atoms with Gasteiger partial charge < -0.3 is 4.90 Å². The van der Waals surface area contributed by atoms with Gasteiger partial charge in [-0.1, -0.05) is 30.3 Å². The van der Waals surface area contributed by atoms with Crippen molar-refractivity contribution in [3.8, 4) is 0 Å². The third-order valence-electron chi connectivity index (χ3n) is 4.19. The maximum atomic E-state index is 12.7. The van der Waals surface area contributed by atoms with Crippen molar-refractivity contribution in [1.82, 2.24) is 4.90 Å². The minimum atomic E-state index is 0.129. The van der Waals surface area contributed by atoms with E-state index in [-0.39, 0.29) is 5.92 Å². The minimum absolute atomic E-state index is 0.129. The zero-order valence-electron chi connectivity index (χ0n) is 10.8. The molecule has 1 aliphatic heterocycles. The lowest BCUT2D eigenvalue weighted by Gasteiger charge is -2.30. The van der Waals surface area contributed by atoms with E-state index in [1.807, 2.05) is 18.2 Å². The van der Waals surface area contributed by atoms with E-state index in [0.29, 0.717) is 11.8 Å². The number of hydrogen-bond acceptors (Lipinski definition) is 1. The van der Waals surface area contributed by atoms with E-state index < -0.39 is 0 Å². The maximum Gasteiger partial charge on any atom is 0.230 e. The summed E-state index contributed by atoms with van der Waals surface area (Å²) in [5.74, 6) is 1.11. The molecule has 1 heterocycles. The van der Waals surface area contributed by atoms with Gasteiger partial charge in [-0.2, -0.15) is 0 Å². The molecular weight excluding hydrogens is 222 g/mol. The van der Waals surface area contributed by atoms with Crippen LogP contribution < -0.4 is 0 Å². The molecule has 1 saturated heterocycles. The molecular formula is C16H21NO. The van der Waals surface area contributed by atoms with Gasteiger partial charge >= 0.3 is 0 Å². The molecule has 1 amide bonds. The van der Waals surface area contributed by atoms with E-state index in [2.05, 4.69) is 17.0 Å². The summed E-state index contributed by atoms with van der Waals surface area (Å²) in [5, 5.41) is 0. The number of benzene rings is 1. The highest BCUT2D eigenvalue weighted by Crippen LogP contribution is 2.43. The molecule has 96 valence electrons. The highest BCUT2D eigenvalue weighted by atomic mass is 16.2. The molecule has 2 aliphatic rings. The number of hydrogen-bond donors (Lipinski definition) is 0. The van der Waals surface area contributed by atoms with Crippen molar-refractivity contribution < 1.29 is 4.79 Å². The van der Waals surface area contributed by atoms with Crippen LogP contribution in [-0.2, 0) is 4.79 Å². The van der Waals surface area contributed by atoms with Crippen LogP contribution in [0.1, 0.15) is 43.6 Å². The Kier molecular flexibility index (Phi) is 3.35. The van der Waals surface area contributed by atoms with Crippen LogP contribution in [0.15, 0.2) is 30.3 Å². The Bertz CT molecular complexity index is 404. The quantitative estimate of drug-likeness (QED) is 0.798. The summed E-state index contributed by atoms with van der Waals surface area (Å²) in [5.41, 5.74) is 1.22. The number of piperidine rings is 1. The third kappa shape index (κ3) is 2.43. The normalized spacial score (nSPS) is 21.7. The lowest BCUT2D eigenvalue weighted by atomic mass is 9.92. The first-order valence-electron chi connectivity index (χ1n) is 7.20. The molecule has 1 atom stereocenters. The van der Waals surface area contributed by atoms with Crippen LogP contribution in [0.4, 0.5) is 0 Å². The second-order valence-electron chi connectivity index (χ2n) is 5.61. The second-order valence-corrected chi connectivity index (χ2v) is 5.61. The molecule has 2 nitrogen and oxygen atoms in total. The lowest BCUT2D eigenvalue weighted by molar-refractivity contribution is -0.134. The van der Waals surface area contributed by atoms with Crippen molar-refractivity contribution in [2.45, 2.75) is 38.0 Å². The molecule has 0 N–H and O–H groups in total. The third-order valence-corrected chi connectivity index (χ3v) is 4.19. The van der Waals surface area contributed by atoms with Gasteiger partial charge in [-0.15, -0.1) is 0 Å². The number of rotatable bonds is 3. The van der Waals surface area contributed by atoms with Crippen molar-refractivity contribution in [2.75, 3.05) is 13.1 Å². The largest absolute Gasteiger partial charge is 0.342 e. The number of carbonyl (C=O) groups excluding carboxylic acids is 1. The summed E-state index contributed by atoms with van der Waals surface area (Å²) in [6.07, 6.45) is 6.08. The molecule has 1 saturated carbocycles. The van der Waals surface area contributed by atoms with E-state index in [1.165, 1.54) is 37.7 Å². The van der Waals surface area contributed by atoms with E-state index in [9.17, 15) is 4.79 Å². The van der Waals surface area contributed by atoms with Crippen LogP contribution in [0.3, 0.4) is 0 Å². The summed E-state index contributed by atoms with van der Waals surface area (Å²) >= 11 is 0. The molecule has 0 spiro atoms. The zero-order chi connectivity index (χ0) is 12.4. The number of nitrogens with zero attached hydrogens (tertiary/aromatic N) is 1. The van der Waals surface area contributed by atoms with Crippen LogP contribution in [0.2, 0.25) is 0 Å². The number of amides is 1. The topological polar surface area (TPSA) is 20.3 Å². The molecule has 3 rings (SSSR count). The molecule has 18 heavy (non-hydrogen) atoms. The summed E-state index contributed by atoms with van der Waals surface area (Å²) in [4.78, 5) is 14.8. The molecule has 2 fully saturated rings. The van der Waals surface area contributed by atoms with Crippen LogP contribution in [0.25, 0.3) is 0 Å². The van der Waals surface area contributed by atoms with Crippen LogP contribution in [0.5, 0.6) is 0 Å². The average Bonchev–Trinajstić information content (AvgIpc) is 3.26. The summed E-state index contributed by atoms with van der Waals surface area (Å²) in [7, 11) is 0. The Hall–Kier alpha value is -1.31. The van der Waals surface area contributed by atoms with E-state index in [4.69, 9.17) is 0 Å². The maximum absolute atomic E-state index is 12.7. The summed E-state index contributed by atoms with van der Waals surface area (Å²) in [6.45, 7) is 1.93. The molecule has 1 aromatic carbocycles. The number of carbonyl (C=O) groups is 1. The molecule has 0 bridgehead atoms. The van der Waals surface area contributed by atoms with Crippen LogP contribution in [-0.4, -0.2) is 23.9 Å². The molecule has 0 aromatic heterocycles. The minimum Gasteiger partial charge on any atom is -0.342 e. The van der Waals surface area contributed by atoms with Gasteiger partial charge in [0.25, 0.3) is 0 Å². The average molecular weight is 243 g/mol. The Labute approximate surface area is 109 Å². The summed E-state index contributed by atoms with van der Waals surface area (Å²) in [6, 6.07) is 10.4. The van der Waals surface area contributed by atoms with Crippen molar-refractivity contribution in [3.05, 3.63) is 35.9 Å². The summed E-state index contributed by atoms with van der Waals surface area (Å²) < 4.78 is 0. The molecule has 2 heteroatoms. The van der Waals surface area contributed by atoms with Gasteiger partial charge in [0.15, 0.2) is 0 Å². The lowest BCUT2D eigenvalue weighted by Crippen LogP contribution is -2.39. The zero-order valence-corrected chi connectivity index (χ0v) is 10.8. The Morgan fingerprint density at radius 2 is 1.72 bits per heavy atom. The fourth-order valence-electron chi connectivity index (χ4n) is 3.02. The van der Waals surface area contributed by atoms with Gasteiger partial charge in [-0.3, -0.25) is 4.79 Å². The van der Waals surface area contributed by atoms with Gasteiger partial charge in [-0.05, 0) is 43.6 Å². The standard InChI is InChI=1S/C16H21NO/c18-16(17-11-5-2-6-12-17)15(14-9-10-14)13-7-3-1-4-8-13/h1,3-4,7-8,14-15H,2,5-6,9-12H2. The fraction of sp³-hybridized carbons (Fsp3) is 0.562. The van der Waals surface area contributed by atoms with Crippen molar-refractivity contribution in [2.24, 2.45) is 5.92 Å². The van der Waals surface area contributed by atoms with Gasteiger partial charge in [0, 0.05) is 13.1 Å². The molecule has 1 aromatic rings. The first-order chi connectivity index (χ1) is 8.86. The highest BCUT2D eigenvalue weighted by Gasteiger charge is 2.39. The Morgan fingerprint density at radius 3 is 2.33 bits per heavy atom. The molecule has 0 radical (unpaired) electrons. The van der Waals surface area contributed by atoms with E-state index in [0.717, 1.165) is 13.1 Å². The first kappa shape index (κ1) is 11.8. The van der Waals surface area contributed by atoms with Gasteiger partial charge in [0.2, 0.25) is 5.91 Å². The van der Waals surface area contributed by atoms with Crippen LogP contribution in [0, 0.1) is 5.92 Å². The van der Waals surface area contributed by atoms with Gasteiger partial charge in [0.05, 0.1) is 5.92 Å². The van der Waals surface area contributed by atoms with Crippen molar-refractivity contribution in [3.63, 3.8) is 0 Å². The van der Waals surface area contributed by atoms with Crippen molar-refractivity contribution in [1.29, 1.82) is 0 Å². The van der Waals surface area contributed by atoms with Gasteiger partial charge in [-0.25, -0.2) is 0 Å². The smallest absolute Gasteiger partial charge is 0.230 e. The van der Waals surface area contributed by atoms with E-state index in [1.54, 1.807) is 0 Å². The monoisotopic (exact) mass is 243 g/mol. The highest BCUT2D eigenvalue weighted by molar-refractivity contribution is 5.84. The van der Waals surface area contributed by atoms with E-state index >= 15 is 0 Å². The fourth-order valence-corrected chi connectivity index (χ4v) is 3.02. The Balaban J connectivity index is 1.79. The Morgan fingerprint density at radius 1 is 1.06 bits per heavy atom. The molecule has 1 unspecified atom stereocenters. The first-order valence-corrected chi connectivity index (χ1v) is 7.20. The van der Waals surface area contributed by atoms with Crippen LogP contribution >= 0.6 is 0 Å². The predicted molar refractivity (Wildman–Crippen MR) is 72.3 cm³/mol. The van der Waals surface area contributed by atoms with Gasteiger partial charge in [0.1, 0.15) is 0 Å². The molecule has 1 aliphatic carbocycles. The number of likely N-dealkylation sites (tertiary alicyclic amines) is 1.